The fourth-order valence-electron chi connectivity index (χ4n) is 1.47. The molecule has 0 fully saturated rings. The van der Waals surface area contributed by atoms with Crippen molar-refractivity contribution in [1.82, 2.24) is 0 Å². The van der Waals surface area contributed by atoms with Crippen LogP contribution in [0.25, 0.3) is 0 Å². The largest absolute Gasteiger partial charge is 0.395 e. The number of benzene rings is 1. The Morgan fingerprint density at radius 2 is 1.82 bits per heavy atom. The fourth-order valence-corrected chi connectivity index (χ4v) is 2.87. The van der Waals surface area contributed by atoms with Crippen molar-refractivity contribution in [3.05, 3.63) is 29.3 Å². The molecule has 0 aromatic heterocycles. The molecule has 96 valence electrons. The van der Waals surface area contributed by atoms with Crippen LogP contribution in [0, 0.1) is 5.41 Å². The van der Waals surface area contributed by atoms with E-state index in [4.69, 9.17) is 17.3 Å². The second-order valence-electron chi connectivity index (χ2n) is 5.18. The minimum absolute atomic E-state index is 0.00354. The summed E-state index contributed by atoms with van der Waals surface area (Å²) in [5, 5.41) is 10.2. The van der Waals surface area contributed by atoms with Crippen molar-refractivity contribution in [2.75, 3.05) is 6.61 Å². The van der Waals surface area contributed by atoms with Gasteiger partial charge in [-0.2, -0.15) is 0 Å². The number of aliphatic hydroxyl groups is 1. The molecule has 0 amide bonds. The van der Waals surface area contributed by atoms with Crippen LogP contribution in [-0.4, -0.2) is 23.0 Å². The van der Waals surface area contributed by atoms with Gasteiger partial charge >= 0.3 is 0 Å². The van der Waals surface area contributed by atoms with Crippen LogP contribution >= 0.6 is 23.4 Å². The zero-order valence-electron chi connectivity index (χ0n) is 10.5. The molecular formula is C13H20ClNOS. The minimum atomic E-state index is -0.0619. The van der Waals surface area contributed by atoms with E-state index in [0.717, 1.165) is 9.92 Å². The summed E-state index contributed by atoms with van der Waals surface area (Å²) in [4.78, 5) is 1.08. The second kappa shape index (κ2) is 6.10. The number of nitrogens with two attached hydrogens (primary N) is 1. The molecule has 0 radical (unpaired) electrons. The van der Waals surface area contributed by atoms with Crippen molar-refractivity contribution in [3.63, 3.8) is 0 Å². The smallest absolute Gasteiger partial charge is 0.0568 e. The van der Waals surface area contributed by atoms with E-state index in [9.17, 15) is 5.11 Å². The molecule has 1 rings (SSSR count). The van der Waals surface area contributed by atoms with Gasteiger partial charge in [-0.3, -0.25) is 0 Å². The van der Waals surface area contributed by atoms with Gasteiger partial charge in [-0.1, -0.05) is 32.4 Å². The van der Waals surface area contributed by atoms with Crippen LogP contribution in [-0.2, 0) is 0 Å². The van der Waals surface area contributed by atoms with Crippen molar-refractivity contribution in [2.24, 2.45) is 11.1 Å². The fraction of sp³-hybridized carbons (Fsp3) is 0.538. The molecule has 0 aliphatic rings. The highest BCUT2D eigenvalue weighted by Gasteiger charge is 2.29. The Balaban J connectivity index is 2.73. The Bertz CT molecular complexity index is 347. The van der Waals surface area contributed by atoms with E-state index in [1.54, 1.807) is 11.8 Å². The SMILES string of the molecule is CC(C)(C)C(N)C(CO)Sc1ccc(Cl)cc1. The lowest BCUT2D eigenvalue weighted by molar-refractivity contribution is 0.233. The van der Waals surface area contributed by atoms with Crippen LogP contribution in [0.2, 0.25) is 5.02 Å². The minimum Gasteiger partial charge on any atom is -0.395 e. The number of hydrogen-bond donors (Lipinski definition) is 2. The zero-order valence-corrected chi connectivity index (χ0v) is 12.1. The summed E-state index contributed by atoms with van der Waals surface area (Å²) in [6, 6.07) is 7.53. The molecule has 3 N–H and O–H groups in total. The van der Waals surface area contributed by atoms with Gasteiger partial charge in [0, 0.05) is 21.2 Å². The molecule has 1 aromatic rings. The summed E-state index contributed by atoms with van der Waals surface area (Å²) in [5.74, 6) is 0. The predicted octanol–water partition coefficient (Wildman–Crippen LogP) is 3.17. The molecule has 1 aromatic carbocycles. The van der Waals surface area contributed by atoms with Crippen molar-refractivity contribution in [1.29, 1.82) is 0 Å². The molecule has 2 atom stereocenters. The van der Waals surface area contributed by atoms with Gasteiger partial charge in [-0.25, -0.2) is 0 Å². The summed E-state index contributed by atoms with van der Waals surface area (Å²) in [7, 11) is 0. The van der Waals surface area contributed by atoms with Gasteiger partial charge in [0.05, 0.1) is 6.61 Å². The molecule has 0 bridgehead atoms. The zero-order chi connectivity index (χ0) is 13.1. The molecule has 4 heteroatoms. The average Bonchev–Trinajstić information content (AvgIpc) is 2.26. The Hall–Kier alpha value is -0.220. The lowest BCUT2D eigenvalue weighted by atomic mass is 9.85. The second-order valence-corrected chi connectivity index (χ2v) is 6.93. The molecular weight excluding hydrogens is 254 g/mol. The first-order valence-electron chi connectivity index (χ1n) is 5.63. The maximum Gasteiger partial charge on any atom is 0.0568 e. The first-order chi connectivity index (χ1) is 7.84. The van der Waals surface area contributed by atoms with Crippen molar-refractivity contribution in [3.8, 4) is 0 Å². The number of rotatable bonds is 4. The monoisotopic (exact) mass is 273 g/mol. The molecule has 0 saturated carbocycles. The molecule has 0 spiro atoms. The number of thioether (sulfide) groups is 1. The van der Waals surface area contributed by atoms with Crippen molar-refractivity contribution in [2.45, 2.75) is 37.0 Å². The van der Waals surface area contributed by atoms with Crippen LogP contribution in [0.3, 0.4) is 0 Å². The van der Waals surface area contributed by atoms with E-state index in [-0.39, 0.29) is 23.3 Å². The van der Waals surface area contributed by atoms with Gasteiger partial charge in [-0.15, -0.1) is 11.8 Å². The first kappa shape index (κ1) is 14.8. The molecule has 17 heavy (non-hydrogen) atoms. The van der Waals surface area contributed by atoms with Gasteiger partial charge in [0.15, 0.2) is 0 Å². The van der Waals surface area contributed by atoms with Crippen LogP contribution in [0.5, 0.6) is 0 Å². The van der Waals surface area contributed by atoms with Crippen LogP contribution in [0.15, 0.2) is 29.2 Å². The highest BCUT2D eigenvalue weighted by atomic mass is 35.5. The lowest BCUT2D eigenvalue weighted by Crippen LogP contribution is -2.45. The topological polar surface area (TPSA) is 46.2 Å². The third-order valence-electron chi connectivity index (χ3n) is 2.68. The number of halogens is 1. The maximum absolute atomic E-state index is 9.45. The molecule has 0 heterocycles. The third-order valence-corrected chi connectivity index (χ3v) is 4.22. The summed E-state index contributed by atoms with van der Waals surface area (Å²) >= 11 is 7.43. The van der Waals surface area contributed by atoms with E-state index >= 15 is 0 Å². The third kappa shape index (κ3) is 4.51. The van der Waals surface area contributed by atoms with Gasteiger partial charge in [0.25, 0.3) is 0 Å². The average molecular weight is 274 g/mol. The quantitative estimate of drug-likeness (QED) is 0.829. The standard InChI is InChI=1S/C13H20ClNOS/c1-13(2,3)12(15)11(8-16)17-10-6-4-9(14)5-7-10/h4-7,11-12,16H,8,15H2,1-3H3. The first-order valence-corrected chi connectivity index (χ1v) is 6.89. The normalized spacial score (nSPS) is 15.6. The molecule has 2 nitrogen and oxygen atoms in total. The molecule has 0 aliphatic carbocycles. The number of hydrogen-bond acceptors (Lipinski definition) is 3. The Morgan fingerprint density at radius 1 is 1.29 bits per heavy atom. The molecule has 0 aliphatic heterocycles. The lowest BCUT2D eigenvalue weighted by Gasteiger charge is -2.32. The predicted molar refractivity (Wildman–Crippen MR) is 75.6 cm³/mol. The Kier molecular flexibility index (Phi) is 5.32. The van der Waals surface area contributed by atoms with E-state index in [1.807, 2.05) is 24.3 Å². The van der Waals surface area contributed by atoms with Gasteiger partial charge in [0.2, 0.25) is 0 Å². The van der Waals surface area contributed by atoms with Gasteiger partial charge in [0.1, 0.15) is 0 Å². The highest BCUT2D eigenvalue weighted by molar-refractivity contribution is 8.00. The molecule has 0 saturated heterocycles. The Morgan fingerprint density at radius 3 is 2.24 bits per heavy atom. The van der Waals surface area contributed by atoms with Gasteiger partial charge < -0.3 is 10.8 Å². The summed E-state index contributed by atoms with van der Waals surface area (Å²) in [6.07, 6.45) is 0. The van der Waals surface area contributed by atoms with Crippen molar-refractivity contribution < 1.29 is 5.11 Å². The van der Waals surface area contributed by atoms with Gasteiger partial charge in [-0.05, 0) is 29.7 Å². The summed E-state index contributed by atoms with van der Waals surface area (Å²) in [5.41, 5.74) is 6.16. The summed E-state index contributed by atoms with van der Waals surface area (Å²) < 4.78 is 0. The van der Waals surface area contributed by atoms with E-state index in [0.29, 0.717) is 0 Å². The summed E-state index contributed by atoms with van der Waals surface area (Å²) in [6.45, 7) is 6.33. The van der Waals surface area contributed by atoms with E-state index < -0.39 is 0 Å². The maximum atomic E-state index is 9.45. The van der Waals surface area contributed by atoms with E-state index in [1.165, 1.54) is 0 Å². The van der Waals surface area contributed by atoms with E-state index in [2.05, 4.69) is 20.8 Å². The number of aliphatic hydroxyl groups excluding tert-OH is 1. The van der Waals surface area contributed by atoms with Crippen LogP contribution < -0.4 is 5.73 Å². The molecule has 2 unspecified atom stereocenters. The highest BCUT2D eigenvalue weighted by Crippen LogP contribution is 2.31. The van der Waals surface area contributed by atoms with Crippen molar-refractivity contribution >= 4 is 23.4 Å². The Labute approximate surface area is 113 Å². The van der Waals surface area contributed by atoms with Crippen LogP contribution in [0.1, 0.15) is 20.8 Å². The van der Waals surface area contributed by atoms with Crippen LogP contribution in [0.4, 0.5) is 0 Å².